The minimum atomic E-state index is 0.617. The maximum atomic E-state index is 6.17. The van der Waals surface area contributed by atoms with Crippen molar-refractivity contribution in [2.75, 3.05) is 0 Å². The van der Waals surface area contributed by atoms with E-state index in [2.05, 4.69) is 133 Å². The third-order valence-electron chi connectivity index (χ3n) is 8.97. The molecule has 4 nitrogen and oxygen atoms in total. The van der Waals surface area contributed by atoms with Crippen molar-refractivity contribution in [2.45, 2.75) is 0 Å². The molecule has 230 valence electrons. The van der Waals surface area contributed by atoms with E-state index in [4.69, 9.17) is 19.4 Å². The Bertz CT molecular complexity index is 2590. The Balaban J connectivity index is 1.19. The van der Waals surface area contributed by atoms with Gasteiger partial charge in [-0.3, -0.25) is 0 Å². The Morgan fingerprint density at radius 3 is 1.61 bits per heavy atom. The largest absolute Gasteiger partial charge is 0.456 e. The highest BCUT2D eigenvalue weighted by atomic mass is 16.3. The molecular formula is C45H29N3O. The molecule has 49 heavy (non-hydrogen) atoms. The molecule has 0 aliphatic carbocycles. The second kappa shape index (κ2) is 12.2. The zero-order valence-corrected chi connectivity index (χ0v) is 26.5. The molecule has 0 unspecified atom stereocenters. The van der Waals surface area contributed by atoms with E-state index in [1.54, 1.807) is 0 Å². The van der Waals surface area contributed by atoms with Crippen LogP contribution >= 0.6 is 0 Å². The van der Waals surface area contributed by atoms with Crippen molar-refractivity contribution >= 4 is 21.9 Å². The van der Waals surface area contributed by atoms with Crippen LogP contribution in [0.15, 0.2) is 180 Å². The summed E-state index contributed by atoms with van der Waals surface area (Å²) in [6.45, 7) is 0. The van der Waals surface area contributed by atoms with Crippen molar-refractivity contribution in [3.05, 3.63) is 176 Å². The van der Waals surface area contributed by atoms with E-state index in [0.29, 0.717) is 17.5 Å². The van der Waals surface area contributed by atoms with Crippen molar-refractivity contribution in [3.63, 3.8) is 0 Å². The summed E-state index contributed by atoms with van der Waals surface area (Å²) in [5, 5.41) is 2.23. The lowest BCUT2D eigenvalue weighted by Crippen LogP contribution is -2.01. The summed E-state index contributed by atoms with van der Waals surface area (Å²) in [6.07, 6.45) is 0. The van der Waals surface area contributed by atoms with Crippen molar-refractivity contribution in [1.29, 1.82) is 0 Å². The van der Waals surface area contributed by atoms with Crippen LogP contribution in [0.4, 0.5) is 0 Å². The molecule has 9 rings (SSSR count). The van der Waals surface area contributed by atoms with Crippen LogP contribution in [0.5, 0.6) is 0 Å². The highest BCUT2D eigenvalue weighted by molar-refractivity contribution is 6.12. The molecular weight excluding hydrogens is 599 g/mol. The molecule has 0 atom stereocenters. The molecule has 0 spiro atoms. The van der Waals surface area contributed by atoms with Gasteiger partial charge in [-0.15, -0.1) is 0 Å². The molecule has 7 aromatic carbocycles. The first-order chi connectivity index (χ1) is 24.3. The number of para-hydroxylation sites is 1. The van der Waals surface area contributed by atoms with Gasteiger partial charge < -0.3 is 4.42 Å². The minimum Gasteiger partial charge on any atom is -0.456 e. The standard InChI is InChI=1S/C45H29N3O/c1-3-13-30(14-4-1)34-17-11-18-35(29-34)44-46-43(47-45(48-44)38-20-8-7-19-36(38)31-15-5-2-6-16-31)33-27-25-32(26-28-33)37-22-12-24-41-42(37)39-21-9-10-23-40(39)49-41/h1-29H. The highest BCUT2D eigenvalue weighted by Gasteiger charge is 2.17. The van der Waals surface area contributed by atoms with Gasteiger partial charge in [-0.1, -0.05) is 158 Å². The van der Waals surface area contributed by atoms with Gasteiger partial charge in [0.15, 0.2) is 17.5 Å². The predicted octanol–water partition coefficient (Wildman–Crippen LogP) is 11.8. The van der Waals surface area contributed by atoms with Gasteiger partial charge in [0, 0.05) is 27.5 Å². The number of hydrogen-bond acceptors (Lipinski definition) is 4. The summed E-state index contributed by atoms with van der Waals surface area (Å²) in [5.74, 6) is 1.87. The lowest BCUT2D eigenvalue weighted by Gasteiger charge is -2.13. The van der Waals surface area contributed by atoms with Crippen LogP contribution in [0.2, 0.25) is 0 Å². The summed E-state index contributed by atoms with van der Waals surface area (Å²) in [7, 11) is 0. The highest BCUT2D eigenvalue weighted by Crippen LogP contribution is 2.38. The molecule has 0 amide bonds. The topological polar surface area (TPSA) is 51.8 Å². The number of furan rings is 1. The van der Waals surface area contributed by atoms with E-state index in [1.807, 2.05) is 42.5 Å². The molecule has 0 radical (unpaired) electrons. The molecule has 9 aromatic rings. The summed E-state index contributed by atoms with van der Waals surface area (Å²) in [4.78, 5) is 15.3. The monoisotopic (exact) mass is 627 g/mol. The van der Waals surface area contributed by atoms with Gasteiger partial charge in [0.1, 0.15) is 11.2 Å². The first-order valence-electron chi connectivity index (χ1n) is 16.4. The first kappa shape index (κ1) is 28.6. The van der Waals surface area contributed by atoms with Gasteiger partial charge in [0.2, 0.25) is 0 Å². The van der Waals surface area contributed by atoms with Crippen LogP contribution in [0.1, 0.15) is 0 Å². The number of hydrogen-bond donors (Lipinski definition) is 0. The van der Waals surface area contributed by atoms with Gasteiger partial charge in [0.25, 0.3) is 0 Å². The van der Waals surface area contributed by atoms with Gasteiger partial charge in [-0.2, -0.15) is 0 Å². The van der Waals surface area contributed by atoms with Gasteiger partial charge in [-0.05, 0) is 51.6 Å². The second-order valence-corrected chi connectivity index (χ2v) is 12.0. The van der Waals surface area contributed by atoms with Crippen LogP contribution in [-0.2, 0) is 0 Å². The summed E-state index contributed by atoms with van der Waals surface area (Å²) >= 11 is 0. The number of fused-ring (bicyclic) bond motifs is 3. The smallest absolute Gasteiger partial charge is 0.164 e. The fourth-order valence-corrected chi connectivity index (χ4v) is 6.58. The van der Waals surface area contributed by atoms with E-state index in [-0.39, 0.29) is 0 Å². The maximum Gasteiger partial charge on any atom is 0.164 e. The van der Waals surface area contributed by atoms with E-state index in [0.717, 1.165) is 72.0 Å². The Hall–Kier alpha value is -6.65. The Kier molecular flexibility index (Phi) is 7.10. The van der Waals surface area contributed by atoms with Crippen molar-refractivity contribution in [2.24, 2.45) is 0 Å². The fraction of sp³-hybridized carbons (Fsp3) is 0. The molecule has 4 heteroatoms. The Morgan fingerprint density at radius 2 is 0.816 bits per heavy atom. The third kappa shape index (κ3) is 5.35. The molecule has 0 bridgehead atoms. The Morgan fingerprint density at radius 1 is 0.306 bits per heavy atom. The minimum absolute atomic E-state index is 0.617. The van der Waals surface area contributed by atoms with Crippen LogP contribution in [0.3, 0.4) is 0 Å². The van der Waals surface area contributed by atoms with E-state index in [9.17, 15) is 0 Å². The predicted molar refractivity (Wildman–Crippen MR) is 200 cm³/mol. The average Bonchev–Trinajstić information content (AvgIpc) is 3.58. The lowest BCUT2D eigenvalue weighted by atomic mass is 9.98. The summed E-state index contributed by atoms with van der Waals surface area (Å²) in [6, 6.07) is 60.4. The molecule has 2 heterocycles. The van der Waals surface area contributed by atoms with Gasteiger partial charge in [-0.25, -0.2) is 15.0 Å². The van der Waals surface area contributed by atoms with Crippen LogP contribution in [0.25, 0.3) is 89.5 Å². The zero-order chi connectivity index (χ0) is 32.6. The van der Waals surface area contributed by atoms with Crippen LogP contribution in [-0.4, -0.2) is 15.0 Å². The van der Waals surface area contributed by atoms with Gasteiger partial charge >= 0.3 is 0 Å². The van der Waals surface area contributed by atoms with E-state index >= 15 is 0 Å². The number of aromatic nitrogens is 3. The second-order valence-electron chi connectivity index (χ2n) is 12.0. The zero-order valence-electron chi connectivity index (χ0n) is 26.5. The molecule has 2 aromatic heterocycles. The third-order valence-corrected chi connectivity index (χ3v) is 8.97. The van der Waals surface area contributed by atoms with Crippen molar-refractivity contribution < 1.29 is 4.42 Å². The first-order valence-corrected chi connectivity index (χ1v) is 16.4. The van der Waals surface area contributed by atoms with E-state index in [1.165, 1.54) is 0 Å². The number of nitrogens with zero attached hydrogens (tertiary/aromatic N) is 3. The Labute approximate surface area is 284 Å². The fourth-order valence-electron chi connectivity index (χ4n) is 6.58. The van der Waals surface area contributed by atoms with Gasteiger partial charge in [0.05, 0.1) is 0 Å². The van der Waals surface area contributed by atoms with E-state index < -0.39 is 0 Å². The van der Waals surface area contributed by atoms with Crippen LogP contribution in [0, 0.1) is 0 Å². The molecule has 0 aliphatic rings. The maximum absolute atomic E-state index is 6.17. The molecule has 0 saturated carbocycles. The summed E-state index contributed by atoms with van der Waals surface area (Å²) < 4.78 is 6.17. The number of benzene rings is 7. The summed E-state index contributed by atoms with van der Waals surface area (Å²) in [5.41, 5.74) is 11.2. The molecule has 0 saturated heterocycles. The quantitative estimate of drug-likeness (QED) is 0.184. The number of rotatable bonds is 6. The lowest BCUT2D eigenvalue weighted by molar-refractivity contribution is 0.669. The molecule has 0 fully saturated rings. The molecule has 0 aliphatic heterocycles. The molecule has 0 N–H and O–H groups in total. The normalized spacial score (nSPS) is 11.3. The average molecular weight is 628 g/mol. The van der Waals surface area contributed by atoms with Crippen LogP contribution < -0.4 is 0 Å². The van der Waals surface area contributed by atoms with Crippen molar-refractivity contribution in [3.8, 4) is 67.5 Å². The SMILES string of the molecule is c1ccc(-c2cccc(-c3nc(-c4ccc(-c5cccc6oc7ccccc7c56)cc4)nc(-c4ccccc4-c4ccccc4)n3)c2)cc1. The van der Waals surface area contributed by atoms with Crippen molar-refractivity contribution in [1.82, 2.24) is 15.0 Å².